The van der Waals surface area contributed by atoms with E-state index in [2.05, 4.69) is 0 Å². The number of nitrogens with zero attached hydrogens (tertiary/aromatic N) is 2. The average Bonchev–Trinajstić information content (AvgIpc) is 3.01. The SMILES string of the molecule is CN(C)C1(c2ccccc2Cl)C(=O)N(Cc2ccc(C(=O)OC(C)(C)C)cc2)c2ccc(Cl)cc21. The van der Waals surface area contributed by atoms with Gasteiger partial charge in [-0.1, -0.05) is 53.5 Å². The molecule has 1 unspecified atom stereocenters. The molecule has 4 rings (SSSR count). The minimum absolute atomic E-state index is 0.121. The van der Waals surface area contributed by atoms with Crippen molar-refractivity contribution in [3.8, 4) is 0 Å². The van der Waals surface area contributed by atoms with Gasteiger partial charge in [0.05, 0.1) is 17.8 Å². The summed E-state index contributed by atoms with van der Waals surface area (Å²) in [5.74, 6) is -0.504. The number of carbonyl (C=O) groups excluding carboxylic acids is 2. The summed E-state index contributed by atoms with van der Waals surface area (Å²) >= 11 is 13.0. The van der Waals surface area contributed by atoms with Crippen LogP contribution < -0.4 is 4.90 Å². The summed E-state index contributed by atoms with van der Waals surface area (Å²) in [6, 6.07) is 20.0. The molecule has 3 aromatic rings. The van der Waals surface area contributed by atoms with E-state index < -0.39 is 11.1 Å². The van der Waals surface area contributed by atoms with Crippen LogP contribution in [0.2, 0.25) is 10.0 Å². The molecule has 0 saturated heterocycles. The van der Waals surface area contributed by atoms with E-state index in [1.165, 1.54) is 0 Å². The van der Waals surface area contributed by atoms with Crippen LogP contribution in [0.3, 0.4) is 0 Å². The van der Waals surface area contributed by atoms with Crippen LogP contribution in [0.4, 0.5) is 5.69 Å². The highest BCUT2D eigenvalue weighted by Gasteiger charge is 2.54. The molecule has 1 aliphatic heterocycles. The Labute approximate surface area is 216 Å². The summed E-state index contributed by atoms with van der Waals surface area (Å²) in [5, 5.41) is 1.04. The van der Waals surface area contributed by atoms with Crippen molar-refractivity contribution in [3.63, 3.8) is 0 Å². The summed E-state index contributed by atoms with van der Waals surface area (Å²) < 4.78 is 5.45. The van der Waals surface area contributed by atoms with Gasteiger partial charge in [-0.25, -0.2) is 4.79 Å². The molecule has 0 spiro atoms. The molecule has 1 heterocycles. The molecule has 5 nitrogen and oxygen atoms in total. The molecular weight excluding hydrogens is 483 g/mol. The number of fused-ring (bicyclic) bond motifs is 1. The molecule has 1 aliphatic rings. The fourth-order valence-corrected chi connectivity index (χ4v) is 5.01. The number of anilines is 1. The van der Waals surface area contributed by atoms with Gasteiger partial charge in [0.1, 0.15) is 5.60 Å². The third-order valence-corrected chi connectivity index (χ3v) is 6.62. The Balaban J connectivity index is 1.75. The first-order valence-electron chi connectivity index (χ1n) is 11.3. The van der Waals surface area contributed by atoms with Crippen molar-refractivity contribution >= 4 is 40.8 Å². The Bertz CT molecular complexity index is 1280. The maximum atomic E-state index is 14.2. The number of likely N-dealkylation sites (N-methyl/N-ethyl adjacent to an activating group) is 1. The van der Waals surface area contributed by atoms with Crippen molar-refractivity contribution in [1.29, 1.82) is 0 Å². The maximum absolute atomic E-state index is 14.2. The smallest absolute Gasteiger partial charge is 0.338 e. The Morgan fingerprint density at radius 1 is 0.971 bits per heavy atom. The van der Waals surface area contributed by atoms with E-state index in [-0.39, 0.29) is 11.9 Å². The van der Waals surface area contributed by atoms with Gasteiger partial charge in [-0.2, -0.15) is 0 Å². The average molecular weight is 511 g/mol. The van der Waals surface area contributed by atoms with Gasteiger partial charge in [-0.3, -0.25) is 9.69 Å². The molecule has 1 atom stereocenters. The predicted octanol–water partition coefficient (Wildman–Crippen LogP) is 6.30. The molecule has 0 radical (unpaired) electrons. The van der Waals surface area contributed by atoms with E-state index >= 15 is 0 Å². The standard InChI is InChI=1S/C28H28Cl2N2O3/c1-27(2,3)35-25(33)19-12-10-18(11-13-19)17-32-24-15-14-20(29)16-22(24)28(26(32)34,31(4)5)21-8-6-7-9-23(21)30/h6-16H,17H2,1-5H3. The quantitative estimate of drug-likeness (QED) is 0.377. The second-order valence-electron chi connectivity index (χ2n) is 9.84. The molecule has 35 heavy (non-hydrogen) atoms. The number of rotatable bonds is 5. The van der Waals surface area contributed by atoms with Crippen molar-refractivity contribution < 1.29 is 14.3 Å². The van der Waals surface area contributed by atoms with E-state index in [4.69, 9.17) is 27.9 Å². The van der Waals surface area contributed by atoms with Crippen LogP contribution >= 0.6 is 23.2 Å². The second-order valence-corrected chi connectivity index (χ2v) is 10.7. The van der Waals surface area contributed by atoms with Gasteiger partial charge < -0.3 is 9.64 Å². The number of halogens is 2. The summed E-state index contributed by atoms with van der Waals surface area (Å²) in [4.78, 5) is 30.3. The topological polar surface area (TPSA) is 49.9 Å². The highest BCUT2D eigenvalue weighted by molar-refractivity contribution is 6.32. The number of benzene rings is 3. The van der Waals surface area contributed by atoms with Crippen LogP contribution in [-0.4, -0.2) is 36.5 Å². The molecule has 3 aromatic carbocycles. The van der Waals surface area contributed by atoms with Crippen molar-refractivity contribution in [1.82, 2.24) is 4.90 Å². The Hall–Kier alpha value is -2.86. The molecule has 0 saturated carbocycles. The van der Waals surface area contributed by atoms with Crippen molar-refractivity contribution in [2.45, 2.75) is 38.5 Å². The molecule has 1 amide bonds. The summed E-state index contributed by atoms with van der Waals surface area (Å²) in [5.41, 5.74) is 1.87. The predicted molar refractivity (Wildman–Crippen MR) is 140 cm³/mol. The number of amides is 1. The fraction of sp³-hybridized carbons (Fsp3) is 0.286. The van der Waals surface area contributed by atoms with E-state index in [1.807, 2.05) is 82.2 Å². The molecule has 0 N–H and O–H groups in total. The Kier molecular flexibility index (Phi) is 6.71. The third kappa shape index (κ3) is 4.56. The minimum atomic E-state index is -1.13. The second kappa shape index (κ2) is 9.30. The minimum Gasteiger partial charge on any atom is -0.456 e. The number of hydrogen-bond acceptors (Lipinski definition) is 4. The van der Waals surface area contributed by atoms with Gasteiger partial charge in [0.25, 0.3) is 5.91 Å². The van der Waals surface area contributed by atoms with Crippen LogP contribution in [0.5, 0.6) is 0 Å². The van der Waals surface area contributed by atoms with Crippen molar-refractivity contribution in [3.05, 3.63) is 99.0 Å². The lowest BCUT2D eigenvalue weighted by molar-refractivity contribution is -0.126. The number of ether oxygens (including phenoxy) is 1. The zero-order chi connectivity index (χ0) is 25.5. The molecule has 7 heteroatoms. The zero-order valence-corrected chi connectivity index (χ0v) is 21.9. The monoisotopic (exact) mass is 510 g/mol. The van der Waals surface area contributed by atoms with Crippen LogP contribution in [-0.2, 0) is 21.6 Å². The van der Waals surface area contributed by atoms with E-state index in [1.54, 1.807) is 29.2 Å². The number of hydrogen-bond donors (Lipinski definition) is 0. The van der Waals surface area contributed by atoms with Gasteiger partial charge in [0, 0.05) is 21.2 Å². The molecular formula is C28H28Cl2N2O3. The lowest BCUT2D eigenvalue weighted by atomic mass is 9.82. The lowest BCUT2D eigenvalue weighted by Gasteiger charge is -2.36. The van der Waals surface area contributed by atoms with E-state index in [0.717, 1.165) is 16.8 Å². The van der Waals surface area contributed by atoms with Crippen molar-refractivity contribution in [2.24, 2.45) is 0 Å². The van der Waals surface area contributed by atoms with Crippen LogP contribution in [0, 0.1) is 0 Å². The Morgan fingerprint density at radius 3 is 2.23 bits per heavy atom. The summed E-state index contributed by atoms with van der Waals surface area (Å²) in [6.07, 6.45) is 0. The first-order valence-corrected chi connectivity index (χ1v) is 12.1. The van der Waals surface area contributed by atoms with Crippen LogP contribution in [0.25, 0.3) is 0 Å². The van der Waals surface area contributed by atoms with Gasteiger partial charge >= 0.3 is 5.97 Å². The summed E-state index contributed by atoms with van der Waals surface area (Å²) in [6.45, 7) is 5.82. The Morgan fingerprint density at radius 2 is 1.63 bits per heavy atom. The first kappa shape index (κ1) is 25.2. The van der Waals surface area contributed by atoms with Gasteiger partial charge in [-0.05, 0) is 76.8 Å². The normalized spacial score (nSPS) is 17.6. The maximum Gasteiger partial charge on any atom is 0.338 e. The van der Waals surface area contributed by atoms with Gasteiger partial charge in [0.2, 0.25) is 0 Å². The molecule has 0 fully saturated rings. The fourth-order valence-electron chi connectivity index (χ4n) is 4.56. The number of esters is 1. The highest BCUT2D eigenvalue weighted by atomic mass is 35.5. The van der Waals surface area contributed by atoms with Crippen LogP contribution in [0.1, 0.15) is 47.8 Å². The largest absolute Gasteiger partial charge is 0.456 e. The van der Waals surface area contributed by atoms with E-state index in [9.17, 15) is 9.59 Å². The molecule has 182 valence electrons. The third-order valence-electron chi connectivity index (χ3n) is 6.06. The number of carbonyl (C=O) groups is 2. The molecule has 0 aromatic heterocycles. The zero-order valence-electron chi connectivity index (χ0n) is 20.4. The first-order chi connectivity index (χ1) is 16.4. The van der Waals surface area contributed by atoms with Crippen molar-refractivity contribution in [2.75, 3.05) is 19.0 Å². The lowest BCUT2D eigenvalue weighted by Crippen LogP contribution is -2.50. The summed E-state index contributed by atoms with van der Waals surface area (Å²) in [7, 11) is 3.73. The molecule has 0 bridgehead atoms. The highest BCUT2D eigenvalue weighted by Crippen LogP contribution is 2.50. The molecule has 0 aliphatic carbocycles. The van der Waals surface area contributed by atoms with Crippen LogP contribution in [0.15, 0.2) is 66.7 Å². The van der Waals surface area contributed by atoms with Gasteiger partial charge in [-0.15, -0.1) is 0 Å². The van der Waals surface area contributed by atoms with E-state index in [0.29, 0.717) is 27.7 Å². The van der Waals surface area contributed by atoms with Gasteiger partial charge in [0.15, 0.2) is 5.54 Å².